The molecule has 4 atom stereocenters. The summed E-state index contributed by atoms with van der Waals surface area (Å²) in [5.74, 6) is 0. The number of aliphatic hydroxyl groups is 2. The molecular formula is C32H24Cl4N6O8S2. The largest absolute Gasteiger partial charge is 0.397 e. The van der Waals surface area contributed by atoms with E-state index in [1.807, 2.05) is 0 Å². The number of nitrogens with zero attached hydrogens (tertiary/aromatic N) is 2. The second kappa shape index (κ2) is 12.9. The number of nitrogens with one attached hydrogen (secondary N) is 2. The summed E-state index contributed by atoms with van der Waals surface area (Å²) in [6.07, 6.45) is -4.60. The molecule has 52 heavy (non-hydrogen) atoms. The van der Waals surface area contributed by atoms with Crippen LogP contribution in [0.4, 0.5) is 0 Å². The molecule has 20 heteroatoms. The maximum Gasteiger partial charge on any atom is 0.282 e. The van der Waals surface area contributed by atoms with Gasteiger partial charge in [-0.1, -0.05) is 94.9 Å². The highest BCUT2D eigenvalue weighted by Gasteiger charge is 2.61. The number of halogens is 4. The van der Waals surface area contributed by atoms with Gasteiger partial charge < -0.3 is 21.7 Å². The molecule has 0 saturated carbocycles. The van der Waals surface area contributed by atoms with E-state index in [4.69, 9.17) is 60.7 Å². The van der Waals surface area contributed by atoms with Gasteiger partial charge >= 0.3 is 0 Å². The van der Waals surface area contributed by atoms with Gasteiger partial charge in [0.25, 0.3) is 20.2 Å². The fourth-order valence-corrected chi connectivity index (χ4v) is 11.6. The molecule has 0 heterocycles. The second-order valence-corrected chi connectivity index (χ2v) is 16.6. The van der Waals surface area contributed by atoms with E-state index in [1.165, 1.54) is 72.8 Å². The van der Waals surface area contributed by atoms with Crippen LogP contribution in [0.1, 0.15) is 33.4 Å². The Morgan fingerprint density at radius 1 is 0.635 bits per heavy atom. The highest BCUT2D eigenvalue weighted by molar-refractivity contribution is 7.87. The first-order valence-electron chi connectivity index (χ1n) is 15.4. The Hall–Kier alpha value is -3.94. The highest BCUT2D eigenvalue weighted by atomic mass is 35.5. The van der Waals surface area contributed by atoms with Gasteiger partial charge in [-0.15, -0.1) is 0 Å². The summed E-state index contributed by atoms with van der Waals surface area (Å²) in [5.41, 5.74) is 15.3. The molecular weight excluding hydrogens is 802 g/mol. The Kier molecular flexibility index (Phi) is 8.69. The van der Waals surface area contributed by atoms with Crippen molar-refractivity contribution >= 4 is 78.0 Å². The normalized spacial score (nSPS) is 24.2. The molecule has 6 rings (SSSR count). The van der Waals surface area contributed by atoms with Gasteiger partial charge in [-0.25, -0.2) is 11.0 Å². The summed E-state index contributed by atoms with van der Waals surface area (Å²) < 4.78 is 84.6. The first kappa shape index (κ1) is 35.1. The molecule has 10 N–H and O–H groups in total. The zero-order chi connectivity index (χ0) is 39.7. The van der Waals surface area contributed by atoms with E-state index >= 15 is 0 Å². The van der Waals surface area contributed by atoms with Gasteiger partial charge in [0.1, 0.15) is 23.6 Å². The van der Waals surface area contributed by atoms with E-state index < -0.39 is 84.5 Å². The summed E-state index contributed by atoms with van der Waals surface area (Å²) in [5, 5.41) is 28.6. The van der Waals surface area contributed by atoms with E-state index in [1.54, 1.807) is 0 Å². The molecule has 0 saturated heterocycles. The molecule has 4 aromatic carbocycles. The third kappa shape index (κ3) is 5.05. The average molecular weight is 827 g/mol. The fourth-order valence-electron chi connectivity index (χ4n) is 7.10. The number of hydrogen-bond donors (Lipinski definition) is 8. The predicted octanol–water partition coefficient (Wildman–Crippen LogP) is 6.30. The van der Waals surface area contributed by atoms with Gasteiger partial charge in [0.15, 0.2) is 9.49 Å². The second-order valence-electron chi connectivity index (χ2n) is 11.7. The van der Waals surface area contributed by atoms with Crippen molar-refractivity contribution in [1.82, 2.24) is 0 Å². The summed E-state index contributed by atoms with van der Waals surface area (Å²) in [4.78, 5) is 0. The van der Waals surface area contributed by atoms with Crippen molar-refractivity contribution in [3.63, 3.8) is 0 Å². The van der Waals surface area contributed by atoms with Crippen molar-refractivity contribution in [2.24, 2.45) is 21.7 Å². The number of hydrogen-bond acceptors (Lipinski definition) is 12. The third-order valence-electron chi connectivity index (χ3n) is 9.26. The lowest BCUT2D eigenvalue weighted by Crippen LogP contribution is -2.51. The monoisotopic (exact) mass is 824 g/mol. The standard InChI is InChI=1S/C32H24Cl4N6O8S2/c33-19-9-13(10-20(34)23(19)31(51(45,46)47)17-7-3-1-5-15(17)25(37)27(41-39)29(31)43)14-11-21(35)24(22(36)12-14)32(52(48,49)50)18-8-4-2-6-16(18)26(38)28(42-40)30(32)44/h1-12,29-30,39-40,43-44H,37-38H2,(H,45,46,47)(H,48,49,50)/b41-39+,42-40+. The number of aliphatic hydroxyl groups excluding tert-OH is 2. The molecule has 14 nitrogen and oxygen atoms in total. The fraction of sp³-hybridized carbons (Fsp3) is 0.125. The molecule has 0 spiro atoms. The minimum atomic E-state index is -5.45. The first-order chi connectivity index (χ1) is 25.3. The third-order valence-corrected chi connectivity index (χ3v) is 13.4. The lowest BCUT2D eigenvalue weighted by Gasteiger charge is -2.41. The van der Waals surface area contributed by atoms with Gasteiger partial charge in [-0.2, -0.15) is 27.1 Å². The van der Waals surface area contributed by atoms with Crippen molar-refractivity contribution < 1.29 is 39.0 Å². The molecule has 0 aromatic heterocycles. The molecule has 0 fully saturated rings. The molecule has 0 amide bonds. The van der Waals surface area contributed by atoms with Crippen molar-refractivity contribution in [2.75, 3.05) is 0 Å². The Labute approximate surface area is 318 Å². The van der Waals surface area contributed by atoms with Gasteiger partial charge in [0, 0.05) is 42.3 Å². The Morgan fingerprint density at radius 3 is 1.23 bits per heavy atom. The molecule has 0 bridgehead atoms. The van der Waals surface area contributed by atoms with Crippen molar-refractivity contribution in [3.8, 4) is 11.1 Å². The molecule has 270 valence electrons. The smallest absolute Gasteiger partial charge is 0.282 e. The van der Waals surface area contributed by atoms with Crippen LogP contribution in [0.3, 0.4) is 0 Å². The first-order valence-corrected chi connectivity index (χ1v) is 18.9. The van der Waals surface area contributed by atoms with Crippen LogP contribution in [0.25, 0.3) is 22.5 Å². The zero-order valence-electron chi connectivity index (χ0n) is 27.8. The number of nitrogens with two attached hydrogens (primary N) is 2. The molecule has 0 radical (unpaired) electrons. The SMILES string of the molecule is [H]/N=N/C1=C(N)c2ccccc2C(c2c(Cl)cc(-c3cc(Cl)c(C4(S(=O)(=O)O)c5ccccc5C(N)=C(/N=N/[H])C4O)c(Cl)c3)cc2Cl)(S(=O)(=O)O)C1O. The van der Waals surface area contributed by atoms with Crippen LogP contribution in [-0.2, 0) is 29.7 Å². The Balaban J connectivity index is 1.61. The van der Waals surface area contributed by atoms with E-state index in [0.29, 0.717) is 0 Å². The maximum absolute atomic E-state index is 13.5. The summed E-state index contributed by atoms with van der Waals surface area (Å²) in [6.45, 7) is 0. The Morgan fingerprint density at radius 2 is 0.942 bits per heavy atom. The predicted molar refractivity (Wildman–Crippen MR) is 194 cm³/mol. The van der Waals surface area contributed by atoms with E-state index in [-0.39, 0.29) is 44.8 Å². The van der Waals surface area contributed by atoms with Crippen molar-refractivity contribution in [3.05, 3.63) is 138 Å². The van der Waals surface area contributed by atoms with Crippen LogP contribution in [0.5, 0.6) is 0 Å². The van der Waals surface area contributed by atoms with Crippen LogP contribution in [0, 0.1) is 11.0 Å². The van der Waals surface area contributed by atoms with E-state index in [9.17, 15) is 36.2 Å². The van der Waals surface area contributed by atoms with Gasteiger partial charge in [0.05, 0.1) is 11.4 Å². The maximum atomic E-state index is 13.5. The van der Waals surface area contributed by atoms with Gasteiger partial charge in [-0.05, 0) is 46.5 Å². The minimum absolute atomic E-state index is 0.0105. The van der Waals surface area contributed by atoms with Gasteiger partial charge in [0.2, 0.25) is 2.82 Å². The molecule has 4 aromatic rings. The average Bonchev–Trinajstić information content (AvgIpc) is 3.09. The van der Waals surface area contributed by atoms with Crippen LogP contribution in [0.15, 0.2) is 94.4 Å². The van der Waals surface area contributed by atoms with Crippen molar-refractivity contribution in [2.45, 2.75) is 21.7 Å². The zero-order valence-corrected chi connectivity index (χ0v) is 30.4. The summed E-state index contributed by atoms with van der Waals surface area (Å²) in [7, 11) is -10.9. The van der Waals surface area contributed by atoms with E-state index in [0.717, 1.165) is 0 Å². The lowest BCUT2D eigenvalue weighted by molar-refractivity contribution is 0.162. The highest BCUT2D eigenvalue weighted by Crippen LogP contribution is 2.56. The van der Waals surface area contributed by atoms with Crippen LogP contribution >= 0.6 is 46.4 Å². The lowest BCUT2D eigenvalue weighted by atomic mass is 9.76. The number of rotatable bonds is 7. The number of benzene rings is 4. The quantitative estimate of drug-likeness (QED) is 0.0761. The van der Waals surface area contributed by atoms with Crippen LogP contribution in [-0.4, -0.2) is 48.4 Å². The topological polar surface area (TPSA) is 274 Å². The summed E-state index contributed by atoms with van der Waals surface area (Å²) in [6, 6.07) is 15.9. The van der Waals surface area contributed by atoms with Crippen LogP contribution < -0.4 is 11.5 Å². The minimum Gasteiger partial charge on any atom is -0.397 e. The Bertz CT molecular complexity index is 2410. The molecule has 2 aliphatic rings. The molecule has 0 aliphatic heterocycles. The molecule has 2 aliphatic carbocycles. The molecule has 4 unspecified atom stereocenters. The van der Waals surface area contributed by atoms with Crippen molar-refractivity contribution in [1.29, 1.82) is 11.0 Å². The summed E-state index contributed by atoms with van der Waals surface area (Å²) >= 11 is 27.1. The van der Waals surface area contributed by atoms with Gasteiger partial charge in [-0.3, -0.25) is 9.11 Å². The van der Waals surface area contributed by atoms with Crippen LogP contribution in [0.2, 0.25) is 22.9 Å². The van der Waals surface area contributed by atoms with E-state index in [2.05, 4.69) is 21.3 Å². The number of fused-ring (bicyclic) bond motifs is 2.